The molecular weight excluding hydrogens is 1250 g/mol. The summed E-state index contributed by atoms with van der Waals surface area (Å²) >= 11 is 0. The number of esters is 6. The number of carbonyl (C=O) groups is 6. The third-order valence-corrected chi connectivity index (χ3v) is 18.5. The molecule has 0 aliphatic heterocycles. The van der Waals surface area contributed by atoms with Crippen molar-refractivity contribution in [1.82, 2.24) is 0 Å². The van der Waals surface area contributed by atoms with Gasteiger partial charge >= 0.3 is 35.8 Å². The van der Waals surface area contributed by atoms with Gasteiger partial charge in [0, 0.05) is 5.57 Å². The molecule has 2 aliphatic carbocycles. The molecule has 2 fully saturated rings. The molecule has 0 atom stereocenters. The van der Waals surface area contributed by atoms with E-state index in [0.717, 1.165) is 131 Å². The largest absolute Gasteiger partial charge is 0.497 e. The third-order valence-electron chi connectivity index (χ3n) is 18.5. The van der Waals surface area contributed by atoms with Gasteiger partial charge in [-0.2, -0.15) is 0 Å². The summed E-state index contributed by atoms with van der Waals surface area (Å²) < 4.78 is 53.6. The van der Waals surface area contributed by atoms with Gasteiger partial charge in [0.2, 0.25) is 0 Å². The maximum absolute atomic E-state index is 12.8. The molecule has 0 amide bonds. The van der Waals surface area contributed by atoms with E-state index in [1.165, 1.54) is 127 Å². The van der Waals surface area contributed by atoms with E-state index >= 15 is 0 Å². The van der Waals surface area contributed by atoms with Crippen LogP contribution in [0.5, 0.6) is 23.0 Å². The Morgan fingerprint density at radius 2 is 0.697 bits per heavy atom. The summed E-state index contributed by atoms with van der Waals surface area (Å²) in [6.07, 6.45) is 37.9. The molecular formula is C83H130O16. The molecule has 0 radical (unpaired) electrons. The Kier molecular flexibility index (Phi) is 50.0. The molecule has 16 heteroatoms. The molecule has 16 nitrogen and oxygen atoms in total. The fourth-order valence-corrected chi connectivity index (χ4v) is 12.4. The maximum Gasteiger partial charge on any atom is 0.342 e. The van der Waals surface area contributed by atoms with E-state index in [0.29, 0.717) is 81.7 Å². The van der Waals surface area contributed by atoms with E-state index in [9.17, 15) is 28.8 Å². The average Bonchev–Trinajstić information content (AvgIpc) is 0.953. The average molecular weight is 1380 g/mol. The Hall–Kier alpha value is -6.58. The molecule has 3 aromatic rings. The van der Waals surface area contributed by atoms with E-state index in [1.807, 2.05) is 0 Å². The van der Waals surface area contributed by atoms with Crippen LogP contribution in [0.3, 0.4) is 0 Å². The fourth-order valence-electron chi connectivity index (χ4n) is 12.4. The molecule has 558 valence electrons. The number of carbonyl (C=O) groups excluding carboxylic acids is 6. The van der Waals surface area contributed by atoms with E-state index in [2.05, 4.69) is 82.8 Å². The molecule has 0 bridgehead atoms. The van der Waals surface area contributed by atoms with Crippen molar-refractivity contribution in [2.24, 2.45) is 11.8 Å². The predicted octanol–water partition coefficient (Wildman–Crippen LogP) is 20.6. The quantitative estimate of drug-likeness (QED) is 0.0224. The zero-order valence-corrected chi connectivity index (χ0v) is 62.4. The Morgan fingerprint density at radius 3 is 1.06 bits per heavy atom. The lowest BCUT2D eigenvalue weighted by Crippen LogP contribution is -2.13. The van der Waals surface area contributed by atoms with Crippen LogP contribution in [0.25, 0.3) is 0 Å². The SMILES string of the molecule is C=C(C)C(=O)OCCCCCCOC(=O)c1cc(OC)ccc1OCCCCCCOC(=O)CCC(=O)OCCCCCCC.CCCC1CCC(c2ccc(OC)cc2)CC1.CCCCCCCOC(=O)CCC(=O)OCCCCCCOc1ccc(C2CCC(CCC)CC2)cc1. The maximum atomic E-state index is 12.8. The zero-order chi connectivity index (χ0) is 71.8. The molecule has 2 aliphatic rings. The monoisotopic (exact) mass is 1380 g/mol. The highest BCUT2D eigenvalue weighted by molar-refractivity contribution is 5.93. The number of ether oxygens (including phenoxy) is 10. The summed E-state index contributed by atoms with van der Waals surface area (Å²) in [4.78, 5) is 71.3. The first-order valence-corrected chi connectivity index (χ1v) is 38.5. The van der Waals surface area contributed by atoms with Crippen LogP contribution in [0, 0.1) is 11.8 Å². The number of methoxy groups -OCH3 is 2. The molecule has 0 N–H and O–H groups in total. The van der Waals surface area contributed by atoms with Crippen molar-refractivity contribution in [3.05, 3.63) is 95.6 Å². The molecule has 3 aromatic carbocycles. The number of unbranched alkanes of at least 4 members (excludes halogenated alkanes) is 17. The van der Waals surface area contributed by atoms with Crippen molar-refractivity contribution in [3.63, 3.8) is 0 Å². The second-order valence-corrected chi connectivity index (χ2v) is 26.9. The second kappa shape index (κ2) is 57.1. The molecule has 0 unspecified atom stereocenters. The lowest BCUT2D eigenvalue weighted by molar-refractivity contribution is -0.150. The summed E-state index contributed by atoms with van der Waals surface area (Å²) in [6, 6.07) is 22.4. The first-order chi connectivity index (χ1) is 48.2. The third kappa shape index (κ3) is 42.3. The lowest BCUT2D eigenvalue weighted by Gasteiger charge is -2.28. The van der Waals surface area contributed by atoms with Crippen LogP contribution < -0.4 is 18.9 Å². The lowest BCUT2D eigenvalue weighted by atomic mass is 9.77. The molecule has 2 saturated carbocycles. The highest BCUT2D eigenvalue weighted by atomic mass is 16.6. The van der Waals surface area contributed by atoms with Crippen molar-refractivity contribution >= 4 is 35.8 Å². The van der Waals surface area contributed by atoms with Crippen LogP contribution in [0.1, 0.15) is 312 Å². The normalized spacial score (nSPS) is 15.5. The number of hydrogen-bond acceptors (Lipinski definition) is 16. The van der Waals surface area contributed by atoms with Gasteiger partial charge in [0.05, 0.1) is 92.8 Å². The number of benzene rings is 3. The minimum Gasteiger partial charge on any atom is -0.497 e. The van der Waals surface area contributed by atoms with Crippen LogP contribution >= 0.6 is 0 Å². The topological polar surface area (TPSA) is 195 Å². The van der Waals surface area contributed by atoms with Gasteiger partial charge in [0.25, 0.3) is 0 Å². The molecule has 5 rings (SSSR count). The Balaban J connectivity index is 0.000000421. The van der Waals surface area contributed by atoms with Crippen LogP contribution in [0.15, 0.2) is 78.9 Å². The van der Waals surface area contributed by atoms with Crippen LogP contribution in [-0.4, -0.2) is 103 Å². The summed E-state index contributed by atoms with van der Waals surface area (Å²) in [6.45, 7) is 17.4. The Bertz CT molecular complexity index is 2600. The van der Waals surface area contributed by atoms with Crippen molar-refractivity contribution < 1.29 is 76.1 Å². The van der Waals surface area contributed by atoms with Gasteiger partial charge < -0.3 is 47.4 Å². The van der Waals surface area contributed by atoms with Gasteiger partial charge in [0.15, 0.2) is 0 Å². The highest BCUT2D eigenvalue weighted by Gasteiger charge is 2.24. The second-order valence-electron chi connectivity index (χ2n) is 26.9. The molecule has 0 saturated heterocycles. The van der Waals surface area contributed by atoms with Crippen LogP contribution in [-0.2, 0) is 52.4 Å². The minimum absolute atomic E-state index is 0.0317. The number of hydrogen-bond donors (Lipinski definition) is 0. The molecule has 0 spiro atoms. The van der Waals surface area contributed by atoms with Gasteiger partial charge in [-0.1, -0.05) is 136 Å². The first kappa shape index (κ1) is 86.6. The van der Waals surface area contributed by atoms with E-state index < -0.39 is 11.9 Å². The van der Waals surface area contributed by atoms with Gasteiger partial charge in [-0.25, -0.2) is 9.59 Å². The minimum atomic E-state index is -0.475. The van der Waals surface area contributed by atoms with Crippen molar-refractivity contribution in [3.8, 4) is 23.0 Å². The van der Waals surface area contributed by atoms with Crippen LogP contribution in [0.4, 0.5) is 0 Å². The summed E-state index contributed by atoms with van der Waals surface area (Å²) in [5, 5.41) is 0. The molecule has 0 heterocycles. The van der Waals surface area contributed by atoms with Gasteiger partial charge in [-0.15, -0.1) is 0 Å². The summed E-state index contributed by atoms with van der Waals surface area (Å²) in [5.74, 6) is 4.10. The van der Waals surface area contributed by atoms with E-state index in [-0.39, 0.29) is 56.2 Å². The summed E-state index contributed by atoms with van der Waals surface area (Å²) in [5.41, 5.74) is 3.66. The predicted molar refractivity (Wildman–Crippen MR) is 394 cm³/mol. The Morgan fingerprint density at radius 1 is 0.364 bits per heavy atom. The Labute approximate surface area is 597 Å². The molecule has 99 heavy (non-hydrogen) atoms. The van der Waals surface area contributed by atoms with Gasteiger partial charge in [0.1, 0.15) is 28.6 Å². The van der Waals surface area contributed by atoms with Gasteiger partial charge in [-0.3, -0.25) is 19.2 Å². The highest BCUT2D eigenvalue weighted by Crippen LogP contribution is 2.39. The number of rotatable bonds is 51. The standard InChI is InChI=1S/C35H54O10.C32H52O5.C16H24O/c1-5-6-7-8-14-23-42-32(36)20-21-33(37)43-24-15-10-9-13-22-41-31-19-18-29(40-4)27-30(31)35(39)45-26-17-12-11-16-25-44-34(38)28(2)3;1-3-5-6-7-11-25-36-31(33)22-23-32(34)37-26-12-9-8-10-24-35-30-20-18-29(19-21-30)28-16-14-27(13-4-2)15-17-28;1-3-4-13-5-7-14(8-6-13)15-9-11-16(17-2)12-10-15/h18-19,27H,2,5-17,20-26H2,1,3-4H3;18-21,27-28H,3-17,22-26H2,1-2H3;9-14H,3-8H2,1-2H3. The van der Waals surface area contributed by atoms with E-state index in [1.54, 1.807) is 32.2 Å². The van der Waals surface area contributed by atoms with Gasteiger partial charge in [-0.05, 0) is 225 Å². The molecule has 0 aromatic heterocycles. The van der Waals surface area contributed by atoms with Crippen molar-refractivity contribution in [2.45, 2.75) is 290 Å². The zero-order valence-electron chi connectivity index (χ0n) is 62.4. The van der Waals surface area contributed by atoms with Crippen LogP contribution in [0.2, 0.25) is 0 Å². The van der Waals surface area contributed by atoms with E-state index in [4.69, 9.17) is 47.4 Å². The first-order valence-electron chi connectivity index (χ1n) is 38.5. The van der Waals surface area contributed by atoms with Crippen molar-refractivity contribution in [2.75, 3.05) is 67.1 Å². The van der Waals surface area contributed by atoms with Crippen molar-refractivity contribution in [1.29, 1.82) is 0 Å². The smallest absolute Gasteiger partial charge is 0.342 e. The fraction of sp³-hybridized carbons (Fsp3) is 0.687. The summed E-state index contributed by atoms with van der Waals surface area (Å²) in [7, 11) is 3.26.